The fourth-order valence-electron chi connectivity index (χ4n) is 4.42. The molecule has 3 heterocycles. The van der Waals surface area contributed by atoms with Crippen molar-refractivity contribution in [2.75, 3.05) is 12.0 Å². The van der Waals surface area contributed by atoms with Crippen molar-refractivity contribution < 1.29 is 13.9 Å². The van der Waals surface area contributed by atoms with E-state index in [0.29, 0.717) is 33.7 Å². The van der Waals surface area contributed by atoms with Gasteiger partial charge in [0.15, 0.2) is 23.0 Å². The number of methoxy groups -OCH3 is 1. The van der Waals surface area contributed by atoms with Crippen LogP contribution in [-0.4, -0.2) is 32.5 Å². The monoisotopic (exact) mass is 545 g/mol. The lowest BCUT2D eigenvalue weighted by molar-refractivity contribution is 0.0989. The maximum Gasteiger partial charge on any atom is 0.279 e. The van der Waals surface area contributed by atoms with Gasteiger partial charge in [0.1, 0.15) is 11.9 Å². The first kappa shape index (κ1) is 24.5. The highest BCUT2D eigenvalue weighted by molar-refractivity contribution is 6.31. The smallest absolute Gasteiger partial charge is 0.279 e. The second-order valence-electron chi connectivity index (χ2n) is 8.42. The Balaban J connectivity index is 1.79. The molecule has 0 aliphatic carbocycles. The second-order valence-corrected chi connectivity index (χ2v) is 9.60. The van der Waals surface area contributed by atoms with E-state index in [4.69, 9.17) is 44.5 Å². The summed E-state index contributed by atoms with van der Waals surface area (Å²) in [4.78, 5) is 28.5. The maximum atomic E-state index is 14.0. The van der Waals surface area contributed by atoms with Crippen LogP contribution in [0.2, 0.25) is 15.3 Å². The van der Waals surface area contributed by atoms with Crippen LogP contribution in [0.5, 0.6) is 5.75 Å². The predicted octanol–water partition coefficient (Wildman–Crippen LogP) is 6.78. The van der Waals surface area contributed by atoms with Crippen LogP contribution < -0.4 is 9.64 Å². The maximum absolute atomic E-state index is 14.0. The number of halogens is 4. The van der Waals surface area contributed by atoms with E-state index in [2.05, 4.69) is 9.97 Å². The third-order valence-electron chi connectivity index (χ3n) is 5.93. The molecule has 0 saturated carbocycles. The van der Waals surface area contributed by atoms with Crippen molar-refractivity contribution in [3.63, 3.8) is 0 Å². The molecule has 5 rings (SSSR count). The number of fused-ring (bicyclic) bond motifs is 1. The van der Waals surface area contributed by atoms with Crippen molar-refractivity contribution in [1.29, 1.82) is 0 Å². The van der Waals surface area contributed by atoms with Gasteiger partial charge in [-0.15, -0.1) is 0 Å². The highest BCUT2D eigenvalue weighted by Gasteiger charge is 2.45. The van der Waals surface area contributed by atoms with Crippen molar-refractivity contribution >= 4 is 46.4 Å². The molecule has 1 unspecified atom stereocenters. The summed E-state index contributed by atoms with van der Waals surface area (Å²) >= 11 is 18.3. The van der Waals surface area contributed by atoms with Crippen molar-refractivity contribution in [2.45, 2.75) is 25.9 Å². The topological polar surface area (TPSA) is 73.1 Å². The molecule has 11 heteroatoms. The predicted molar refractivity (Wildman–Crippen MR) is 137 cm³/mol. The number of nitrogens with zero attached hydrogens (tertiary/aromatic N) is 5. The summed E-state index contributed by atoms with van der Waals surface area (Å²) in [7, 11) is 1.49. The molecule has 0 saturated heterocycles. The van der Waals surface area contributed by atoms with Gasteiger partial charge in [-0.1, -0.05) is 35.3 Å². The van der Waals surface area contributed by atoms with Crippen molar-refractivity contribution in [1.82, 2.24) is 19.5 Å². The van der Waals surface area contributed by atoms with E-state index in [1.807, 2.05) is 30.5 Å². The summed E-state index contributed by atoms with van der Waals surface area (Å²) in [6.45, 7) is 3.95. The van der Waals surface area contributed by atoms with Crippen LogP contribution in [0, 0.1) is 5.82 Å². The number of aromatic nitrogens is 4. The minimum Gasteiger partial charge on any atom is -0.493 e. The average molecular weight is 547 g/mol. The van der Waals surface area contributed by atoms with E-state index in [-0.39, 0.29) is 27.9 Å². The lowest BCUT2D eigenvalue weighted by atomic mass is 10.0. The van der Waals surface area contributed by atoms with Gasteiger partial charge in [-0.3, -0.25) is 9.69 Å². The average Bonchev–Trinajstić information content (AvgIpc) is 3.37. The molecule has 4 aromatic rings. The van der Waals surface area contributed by atoms with Crippen LogP contribution in [0.25, 0.3) is 11.5 Å². The first-order valence-corrected chi connectivity index (χ1v) is 12.1. The van der Waals surface area contributed by atoms with Crippen LogP contribution >= 0.6 is 34.8 Å². The SMILES string of the molecule is COc1cnc(Cl)nc1-c1nc2c(n1C(C)C)C(c1ccc(Cl)cc1)N(c1ccc(F)c(Cl)c1)C2=O. The molecule has 1 aliphatic rings. The number of amides is 1. The number of imidazole rings is 1. The van der Waals surface area contributed by atoms with Gasteiger partial charge in [0.25, 0.3) is 5.91 Å². The molecule has 2 aromatic carbocycles. The Hall–Kier alpha value is -3.20. The third kappa shape index (κ3) is 3.99. The second kappa shape index (κ2) is 9.35. The summed E-state index contributed by atoms with van der Waals surface area (Å²) in [5.41, 5.74) is 2.46. The van der Waals surface area contributed by atoms with Crippen LogP contribution in [-0.2, 0) is 0 Å². The Kier molecular flexibility index (Phi) is 6.36. The lowest BCUT2D eigenvalue weighted by Gasteiger charge is -2.28. The minimum atomic E-state index is -0.599. The molecule has 1 atom stereocenters. The van der Waals surface area contributed by atoms with Gasteiger partial charge in [-0.25, -0.2) is 19.3 Å². The number of hydrogen-bond acceptors (Lipinski definition) is 5. The number of ether oxygens (including phenoxy) is 1. The summed E-state index contributed by atoms with van der Waals surface area (Å²) in [6, 6.07) is 10.6. The molecule has 0 spiro atoms. The Morgan fingerprint density at radius 1 is 1.03 bits per heavy atom. The van der Waals surface area contributed by atoms with Gasteiger partial charge >= 0.3 is 0 Å². The van der Waals surface area contributed by atoms with E-state index >= 15 is 0 Å². The number of rotatable bonds is 5. The Morgan fingerprint density at radius 2 is 1.75 bits per heavy atom. The number of carbonyl (C=O) groups excluding carboxylic acids is 1. The lowest BCUT2D eigenvalue weighted by Crippen LogP contribution is -2.30. The van der Waals surface area contributed by atoms with Gasteiger partial charge in [-0.05, 0) is 61.3 Å². The molecular formula is C25H19Cl3FN5O2. The van der Waals surface area contributed by atoms with E-state index in [0.717, 1.165) is 5.56 Å². The number of benzene rings is 2. The highest BCUT2D eigenvalue weighted by Crippen LogP contribution is 2.45. The first-order chi connectivity index (χ1) is 17.2. The standard InChI is InChI=1S/C25H19Cl3FN5O2/c1-12(2)33-22-20(31-23(33)19-18(36-3)11-30-25(28)32-19)24(35)34(15-8-9-17(29)16(27)10-15)21(22)13-4-6-14(26)7-5-13/h4-12,21H,1-3H3. The van der Waals surface area contributed by atoms with Crippen LogP contribution in [0.15, 0.2) is 48.7 Å². The van der Waals surface area contributed by atoms with Crippen LogP contribution in [0.1, 0.15) is 47.7 Å². The molecule has 184 valence electrons. The van der Waals surface area contributed by atoms with Crippen molar-refractivity contribution in [3.8, 4) is 17.3 Å². The molecule has 0 fully saturated rings. The van der Waals surface area contributed by atoms with E-state index in [1.165, 1.54) is 31.5 Å². The quantitative estimate of drug-likeness (QED) is 0.258. The molecule has 0 N–H and O–H groups in total. The number of hydrogen-bond donors (Lipinski definition) is 0. The van der Waals surface area contributed by atoms with Gasteiger partial charge in [-0.2, -0.15) is 0 Å². The normalized spacial score (nSPS) is 15.1. The molecule has 1 amide bonds. The summed E-state index contributed by atoms with van der Waals surface area (Å²) in [5.74, 6) is -0.164. The van der Waals surface area contributed by atoms with Crippen LogP contribution in [0.3, 0.4) is 0 Å². The zero-order valence-corrected chi connectivity index (χ0v) is 21.6. The number of carbonyl (C=O) groups is 1. The fourth-order valence-corrected chi connectivity index (χ4v) is 4.85. The Labute approximate surface area is 221 Å². The van der Waals surface area contributed by atoms with Gasteiger partial charge in [0.05, 0.1) is 24.0 Å². The fraction of sp³-hybridized carbons (Fsp3) is 0.200. The largest absolute Gasteiger partial charge is 0.493 e. The first-order valence-electron chi connectivity index (χ1n) is 10.9. The van der Waals surface area contributed by atoms with E-state index in [1.54, 1.807) is 17.0 Å². The van der Waals surface area contributed by atoms with Gasteiger partial charge < -0.3 is 9.30 Å². The molecule has 7 nitrogen and oxygen atoms in total. The Bertz CT molecular complexity index is 1490. The van der Waals surface area contributed by atoms with Gasteiger partial charge in [0, 0.05) is 16.8 Å². The third-order valence-corrected chi connectivity index (χ3v) is 6.65. The summed E-state index contributed by atoms with van der Waals surface area (Å²) in [6.07, 6.45) is 1.46. The van der Waals surface area contributed by atoms with E-state index < -0.39 is 11.9 Å². The Morgan fingerprint density at radius 3 is 2.39 bits per heavy atom. The van der Waals surface area contributed by atoms with Crippen molar-refractivity contribution in [3.05, 3.63) is 86.8 Å². The zero-order chi connectivity index (χ0) is 25.7. The van der Waals surface area contributed by atoms with Gasteiger partial charge in [0.2, 0.25) is 5.28 Å². The van der Waals surface area contributed by atoms with E-state index in [9.17, 15) is 9.18 Å². The van der Waals surface area contributed by atoms with Crippen LogP contribution in [0.4, 0.5) is 10.1 Å². The summed E-state index contributed by atoms with van der Waals surface area (Å²) < 4.78 is 21.4. The molecule has 0 bridgehead atoms. The zero-order valence-electron chi connectivity index (χ0n) is 19.3. The molecule has 36 heavy (non-hydrogen) atoms. The minimum absolute atomic E-state index is 0.0208. The number of anilines is 1. The molecule has 0 radical (unpaired) electrons. The molecule has 2 aromatic heterocycles. The molecule has 1 aliphatic heterocycles. The summed E-state index contributed by atoms with van der Waals surface area (Å²) in [5, 5.41) is 0.484. The highest BCUT2D eigenvalue weighted by atomic mass is 35.5. The molecular weight excluding hydrogens is 528 g/mol. The van der Waals surface area contributed by atoms with Crippen molar-refractivity contribution in [2.24, 2.45) is 0 Å².